The lowest BCUT2D eigenvalue weighted by Crippen LogP contribution is -2.55. The second-order valence-electron chi connectivity index (χ2n) is 9.19. The number of aromatic nitrogens is 2. The van der Waals surface area contributed by atoms with Crippen LogP contribution in [0.15, 0.2) is 48.8 Å². The summed E-state index contributed by atoms with van der Waals surface area (Å²) < 4.78 is 82.0. The first-order valence-electron chi connectivity index (χ1n) is 11.5. The van der Waals surface area contributed by atoms with Crippen molar-refractivity contribution in [2.45, 2.75) is 31.4 Å². The second kappa shape index (κ2) is 10.5. The summed E-state index contributed by atoms with van der Waals surface area (Å²) in [6.45, 7) is 1.18. The molecule has 1 fully saturated rings. The predicted molar refractivity (Wildman–Crippen MR) is 127 cm³/mol. The number of alkyl halides is 6. The molecule has 13 heteroatoms. The van der Waals surface area contributed by atoms with Crippen molar-refractivity contribution >= 4 is 17.5 Å². The monoisotopic (exact) mass is 560 g/mol. The molecule has 1 atom stereocenters. The molecule has 0 spiro atoms. The number of aromatic hydroxyl groups is 1. The first kappa shape index (κ1) is 27.8. The Morgan fingerprint density at radius 3 is 2.24 bits per heavy atom. The Balaban J connectivity index is 1.66. The van der Waals surface area contributed by atoms with Gasteiger partial charge >= 0.3 is 12.4 Å². The molecule has 1 aromatic heterocycles. The number of hydrogen-bond donors (Lipinski definition) is 1. The van der Waals surface area contributed by atoms with E-state index >= 15 is 0 Å². The van der Waals surface area contributed by atoms with Gasteiger partial charge in [0.25, 0.3) is 5.91 Å². The van der Waals surface area contributed by atoms with Crippen molar-refractivity contribution in [3.63, 3.8) is 0 Å². The van der Waals surface area contributed by atoms with Gasteiger partial charge in [-0.1, -0.05) is 17.7 Å². The molecule has 1 aliphatic heterocycles. The van der Waals surface area contributed by atoms with Crippen LogP contribution in [-0.4, -0.2) is 56.3 Å². The second-order valence-corrected chi connectivity index (χ2v) is 9.60. The van der Waals surface area contributed by atoms with Crippen LogP contribution in [0.1, 0.15) is 32.6 Å². The van der Waals surface area contributed by atoms with Gasteiger partial charge in [0, 0.05) is 56.6 Å². The van der Waals surface area contributed by atoms with E-state index in [2.05, 4.69) is 5.10 Å². The number of rotatable bonds is 5. The van der Waals surface area contributed by atoms with Crippen LogP contribution in [0.2, 0.25) is 5.02 Å². The van der Waals surface area contributed by atoms with E-state index in [0.29, 0.717) is 30.8 Å². The lowest BCUT2D eigenvalue weighted by atomic mass is 9.98. The number of nitrogens with zero attached hydrogens (tertiary/aromatic N) is 4. The van der Waals surface area contributed by atoms with Crippen LogP contribution in [0.5, 0.6) is 5.75 Å². The van der Waals surface area contributed by atoms with E-state index in [0.717, 1.165) is 5.56 Å². The van der Waals surface area contributed by atoms with Crippen molar-refractivity contribution in [3.05, 3.63) is 81.6 Å². The van der Waals surface area contributed by atoms with Gasteiger partial charge in [0.1, 0.15) is 5.75 Å². The van der Waals surface area contributed by atoms with E-state index in [1.54, 1.807) is 24.0 Å². The molecule has 2 aromatic carbocycles. The van der Waals surface area contributed by atoms with Gasteiger partial charge in [0.05, 0.1) is 22.3 Å². The maximum absolute atomic E-state index is 13.4. The van der Waals surface area contributed by atoms with E-state index in [4.69, 9.17) is 11.6 Å². The SMILES string of the molecule is Cn1cc(CN2CCN(C(=O)c3cc(C(F)(F)F)cc(C(F)(F)F)c3)[C@H](Cc3ccc(Cl)c(O)c3)C2)cn1. The number of halogens is 7. The Kier molecular flexibility index (Phi) is 7.67. The fraction of sp³-hybridized carbons (Fsp3) is 0.360. The summed E-state index contributed by atoms with van der Waals surface area (Å²) in [5.41, 5.74) is -2.30. The van der Waals surface area contributed by atoms with E-state index in [1.807, 2.05) is 11.1 Å². The molecule has 6 nitrogen and oxygen atoms in total. The van der Waals surface area contributed by atoms with Crippen molar-refractivity contribution in [1.29, 1.82) is 0 Å². The van der Waals surface area contributed by atoms with E-state index in [9.17, 15) is 36.2 Å². The van der Waals surface area contributed by atoms with Crippen LogP contribution >= 0.6 is 11.6 Å². The summed E-state index contributed by atoms with van der Waals surface area (Å²) in [5.74, 6) is -1.12. The van der Waals surface area contributed by atoms with E-state index in [-0.39, 0.29) is 36.3 Å². The zero-order valence-electron chi connectivity index (χ0n) is 20.0. The van der Waals surface area contributed by atoms with Crippen molar-refractivity contribution in [2.75, 3.05) is 19.6 Å². The van der Waals surface area contributed by atoms with Gasteiger partial charge in [0.2, 0.25) is 0 Å². The minimum absolute atomic E-state index is 0.00339. The fourth-order valence-electron chi connectivity index (χ4n) is 4.52. The number of phenols is 1. The lowest BCUT2D eigenvalue weighted by molar-refractivity contribution is -0.143. The summed E-state index contributed by atoms with van der Waals surface area (Å²) in [6.07, 6.45) is -6.45. The van der Waals surface area contributed by atoms with Crippen LogP contribution in [-0.2, 0) is 32.4 Å². The minimum atomic E-state index is -5.07. The van der Waals surface area contributed by atoms with Crippen molar-refractivity contribution in [2.24, 2.45) is 7.05 Å². The highest BCUT2D eigenvalue weighted by Crippen LogP contribution is 2.37. The summed E-state index contributed by atoms with van der Waals surface area (Å²) in [7, 11) is 1.76. The highest BCUT2D eigenvalue weighted by molar-refractivity contribution is 6.32. The van der Waals surface area contributed by atoms with Crippen molar-refractivity contribution in [1.82, 2.24) is 19.6 Å². The zero-order valence-corrected chi connectivity index (χ0v) is 20.8. The number of amides is 1. The zero-order chi connectivity index (χ0) is 27.8. The molecule has 0 unspecified atom stereocenters. The molecule has 3 aromatic rings. The molecule has 4 rings (SSSR count). The number of hydrogen-bond acceptors (Lipinski definition) is 4. The van der Waals surface area contributed by atoms with Gasteiger partial charge in [-0.05, 0) is 42.3 Å². The standard InChI is InChI=1S/C25H23ClF6N4O2/c1-34-12-16(11-33-34)13-35-4-5-36(20(14-35)6-15-2-3-21(26)22(37)7-15)23(38)17-8-18(24(27,28)29)10-19(9-17)25(30,31)32/h2-3,7-12,20,37H,4-6,13-14H2,1H3/t20-/m1/s1. The first-order chi connectivity index (χ1) is 17.7. The number of phenolic OH excluding ortho intramolecular Hbond substituents is 1. The molecule has 0 saturated carbocycles. The summed E-state index contributed by atoms with van der Waals surface area (Å²) in [6, 6.07) is 4.80. The molecule has 1 saturated heterocycles. The average molecular weight is 561 g/mol. The Morgan fingerprint density at radius 2 is 1.68 bits per heavy atom. The van der Waals surface area contributed by atoms with Gasteiger partial charge in [-0.3, -0.25) is 14.4 Å². The van der Waals surface area contributed by atoms with Crippen LogP contribution < -0.4 is 0 Å². The highest BCUT2D eigenvalue weighted by atomic mass is 35.5. The van der Waals surface area contributed by atoms with Crippen molar-refractivity contribution < 1.29 is 36.2 Å². The minimum Gasteiger partial charge on any atom is -0.506 e. The van der Waals surface area contributed by atoms with Gasteiger partial charge < -0.3 is 10.0 Å². The Bertz CT molecular complexity index is 1290. The predicted octanol–water partition coefficient (Wildman–Crippen LogP) is 5.39. The van der Waals surface area contributed by atoms with Crippen LogP contribution in [0, 0.1) is 0 Å². The van der Waals surface area contributed by atoms with Gasteiger partial charge in [-0.25, -0.2) is 0 Å². The molecule has 0 bridgehead atoms. The van der Waals surface area contributed by atoms with Crippen molar-refractivity contribution in [3.8, 4) is 5.75 Å². The average Bonchev–Trinajstić information content (AvgIpc) is 3.24. The van der Waals surface area contributed by atoms with E-state index < -0.39 is 41.0 Å². The maximum atomic E-state index is 13.4. The molecule has 0 radical (unpaired) electrons. The number of carbonyl (C=O) groups is 1. The Hall–Kier alpha value is -3.25. The quantitative estimate of drug-likeness (QED) is 0.425. The molecular weight excluding hydrogens is 538 g/mol. The highest BCUT2D eigenvalue weighted by Gasteiger charge is 2.39. The van der Waals surface area contributed by atoms with Crippen LogP contribution in [0.3, 0.4) is 0 Å². The third kappa shape index (κ3) is 6.41. The fourth-order valence-corrected chi connectivity index (χ4v) is 4.64. The molecule has 38 heavy (non-hydrogen) atoms. The Labute approximate surface area is 219 Å². The lowest BCUT2D eigenvalue weighted by Gasteiger charge is -2.41. The molecule has 1 aliphatic rings. The molecule has 204 valence electrons. The summed E-state index contributed by atoms with van der Waals surface area (Å²) >= 11 is 5.89. The molecule has 0 aliphatic carbocycles. The third-order valence-electron chi connectivity index (χ3n) is 6.31. The summed E-state index contributed by atoms with van der Waals surface area (Å²) in [5, 5.41) is 14.2. The van der Waals surface area contributed by atoms with Gasteiger partial charge in [0.15, 0.2) is 0 Å². The Morgan fingerprint density at radius 1 is 1.03 bits per heavy atom. The largest absolute Gasteiger partial charge is 0.506 e. The van der Waals surface area contributed by atoms with Crippen LogP contribution in [0.25, 0.3) is 0 Å². The number of benzene rings is 2. The topological polar surface area (TPSA) is 61.6 Å². The normalized spacial score (nSPS) is 17.2. The summed E-state index contributed by atoms with van der Waals surface area (Å²) in [4.78, 5) is 16.8. The third-order valence-corrected chi connectivity index (χ3v) is 6.63. The first-order valence-corrected chi connectivity index (χ1v) is 11.9. The number of piperazine rings is 1. The number of aryl methyl sites for hydroxylation is 1. The maximum Gasteiger partial charge on any atom is 0.416 e. The van der Waals surface area contributed by atoms with Crippen LogP contribution in [0.4, 0.5) is 26.3 Å². The molecule has 2 heterocycles. The molecule has 1 amide bonds. The molecular formula is C25H23ClF6N4O2. The van der Waals surface area contributed by atoms with E-state index in [1.165, 1.54) is 17.0 Å². The smallest absolute Gasteiger partial charge is 0.416 e. The number of carbonyl (C=O) groups excluding carboxylic acids is 1. The van der Waals surface area contributed by atoms with Gasteiger partial charge in [-0.2, -0.15) is 31.4 Å². The molecule has 1 N–H and O–H groups in total. The van der Waals surface area contributed by atoms with Gasteiger partial charge in [-0.15, -0.1) is 0 Å².